The third-order valence-electron chi connectivity index (χ3n) is 10.5. The highest BCUT2D eigenvalue weighted by Gasteiger charge is 2.21. The molecule has 0 bridgehead atoms. The Morgan fingerprint density at radius 2 is 0.863 bits per heavy atom. The number of benzene rings is 8. The van der Waals surface area contributed by atoms with Gasteiger partial charge in [-0.2, -0.15) is 0 Å². The van der Waals surface area contributed by atoms with Gasteiger partial charge in [0, 0.05) is 55.2 Å². The van der Waals surface area contributed by atoms with Crippen LogP contribution in [0.15, 0.2) is 186 Å². The molecule has 51 heavy (non-hydrogen) atoms. The van der Waals surface area contributed by atoms with Crippen molar-refractivity contribution in [3.63, 3.8) is 0 Å². The lowest BCUT2D eigenvalue weighted by Gasteiger charge is -2.20. The topological polar surface area (TPSA) is 23.0 Å². The molecule has 0 aliphatic heterocycles. The molecule has 3 heterocycles. The van der Waals surface area contributed by atoms with Gasteiger partial charge in [0.05, 0.1) is 27.8 Å². The molecule has 0 saturated carbocycles. The summed E-state index contributed by atoms with van der Waals surface area (Å²) in [4.78, 5) is 0. The SMILES string of the molecule is c1ccc(-c2cccc(-c3cccc(-n4c5ccccc5c5cc6c(cc54)oc4ccccc46)c3)c2-n2c3ccccc3c3ccccc32)cc1. The maximum atomic E-state index is 6.41. The molecule has 0 fully saturated rings. The molecule has 3 aromatic heterocycles. The predicted octanol–water partition coefficient (Wildman–Crippen LogP) is 13.1. The molecule has 0 spiro atoms. The first-order chi connectivity index (χ1) is 25.3. The lowest BCUT2D eigenvalue weighted by molar-refractivity contribution is 0.669. The first kappa shape index (κ1) is 28.0. The maximum Gasteiger partial charge on any atom is 0.137 e. The van der Waals surface area contributed by atoms with Gasteiger partial charge in [-0.15, -0.1) is 0 Å². The minimum atomic E-state index is 0.896. The highest BCUT2D eigenvalue weighted by molar-refractivity contribution is 6.17. The summed E-state index contributed by atoms with van der Waals surface area (Å²) in [5, 5.41) is 7.22. The van der Waals surface area contributed by atoms with Crippen LogP contribution in [0.4, 0.5) is 0 Å². The van der Waals surface area contributed by atoms with Gasteiger partial charge >= 0.3 is 0 Å². The largest absolute Gasteiger partial charge is 0.456 e. The molecular formula is C48H30N2O. The molecule has 0 aliphatic rings. The Morgan fingerprint density at radius 1 is 0.314 bits per heavy atom. The Kier molecular flexibility index (Phi) is 5.96. The number of aromatic nitrogens is 2. The van der Waals surface area contributed by atoms with E-state index in [1.165, 1.54) is 60.5 Å². The second kappa shape index (κ2) is 10.8. The summed E-state index contributed by atoms with van der Waals surface area (Å²) in [6.07, 6.45) is 0. The van der Waals surface area contributed by atoms with Gasteiger partial charge in [-0.3, -0.25) is 0 Å². The van der Waals surface area contributed by atoms with E-state index in [0.29, 0.717) is 0 Å². The van der Waals surface area contributed by atoms with Crippen molar-refractivity contribution >= 4 is 65.6 Å². The van der Waals surface area contributed by atoms with Gasteiger partial charge in [0.15, 0.2) is 0 Å². The van der Waals surface area contributed by atoms with Crippen LogP contribution < -0.4 is 0 Å². The van der Waals surface area contributed by atoms with Crippen molar-refractivity contribution in [3.05, 3.63) is 182 Å². The predicted molar refractivity (Wildman–Crippen MR) is 213 cm³/mol. The van der Waals surface area contributed by atoms with E-state index < -0.39 is 0 Å². The van der Waals surface area contributed by atoms with E-state index in [9.17, 15) is 0 Å². The molecule has 238 valence electrons. The lowest BCUT2D eigenvalue weighted by Crippen LogP contribution is -2.01. The van der Waals surface area contributed by atoms with Gasteiger partial charge in [0.2, 0.25) is 0 Å². The highest BCUT2D eigenvalue weighted by Crippen LogP contribution is 2.43. The number of hydrogen-bond donors (Lipinski definition) is 0. The van der Waals surface area contributed by atoms with Crippen LogP contribution in [0.1, 0.15) is 0 Å². The van der Waals surface area contributed by atoms with Crippen LogP contribution in [0.25, 0.3) is 99.2 Å². The van der Waals surface area contributed by atoms with E-state index >= 15 is 0 Å². The molecule has 3 nitrogen and oxygen atoms in total. The van der Waals surface area contributed by atoms with Gasteiger partial charge in [-0.25, -0.2) is 0 Å². The van der Waals surface area contributed by atoms with Crippen LogP contribution >= 0.6 is 0 Å². The summed E-state index contributed by atoms with van der Waals surface area (Å²) in [5.74, 6) is 0. The second-order valence-corrected chi connectivity index (χ2v) is 13.3. The molecule has 3 heteroatoms. The number of fused-ring (bicyclic) bond motifs is 9. The standard InChI is InChI=1S/C48H30N2O/c1-2-14-31(15-3-1)34-22-13-23-35(48(34)50-43-25-9-4-18-36(43)37-19-5-10-26-44(37)50)32-16-12-17-33(28-32)49-42-24-8-6-20-38(42)40-29-41-39-21-7-11-27-46(39)51-47(41)30-45(40)49/h1-30H. The number of nitrogens with zero attached hydrogens (tertiary/aromatic N) is 2. The van der Waals surface area contributed by atoms with Gasteiger partial charge in [-0.1, -0.05) is 133 Å². The number of rotatable bonds is 4. The van der Waals surface area contributed by atoms with Crippen LogP contribution in [0.2, 0.25) is 0 Å². The van der Waals surface area contributed by atoms with Crippen molar-refractivity contribution in [2.45, 2.75) is 0 Å². The molecule has 11 aromatic rings. The average Bonchev–Trinajstić information content (AvgIpc) is 3.84. The summed E-state index contributed by atoms with van der Waals surface area (Å²) >= 11 is 0. The lowest BCUT2D eigenvalue weighted by atomic mass is 9.95. The molecule has 0 N–H and O–H groups in total. The monoisotopic (exact) mass is 650 g/mol. The summed E-state index contributed by atoms with van der Waals surface area (Å²) < 4.78 is 11.3. The minimum Gasteiger partial charge on any atom is -0.456 e. The van der Waals surface area contributed by atoms with Crippen molar-refractivity contribution in [3.8, 4) is 33.6 Å². The first-order valence-corrected chi connectivity index (χ1v) is 17.4. The maximum absolute atomic E-state index is 6.41. The minimum absolute atomic E-state index is 0.896. The molecule has 0 unspecified atom stereocenters. The van der Waals surface area contributed by atoms with Crippen molar-refractivity contribution in [2.75, 3.05) is 0 Å². The Balaban J connectivity index is 1.20. The summed E-state index contributed by atoms with van der Waals surface area (Å²) in [7, 11) is 0. The van der Waals surface area contributed by atoms with E-state index in [1.54, 1.807) is 0 Å². The first-order valence-electron chi connectivity index (χ1n) is 17.4. The van der Waals surface area contributed by atoms with Gasteiger partial charge in [0.25, 0.3) is 0 Å². The van der Waals surface area contributed by atoms with Crippen LogP contribution in [-0.4, -0.2) is 9.13 Å². The molecule has 11 rings (SSSR count). The summed E-state index contributed by atoms with van der Waals surface area (Å²) in [6, 6.07) is 65.6. The zero-order valence-electron chi connectivity index (χ0n) is 27.6. The van der Waals surface area contributed by atoms with Crippen LogP contribution in [0, 0.1) is 0 Å². The molecule has 0 aliphatic carbocycles. The van der Waals surface area contributed by atoms with Crippen molar-refractivity contribution in [2.24, 2.45) is 0 Å². The van der Waals surface area contributed by atoms with Crippen LogP contribution in [0.3, 0.4) is 0 Å². The second-order valence-electron chi connectivity index (χ2n) is 13.3. The van der Waals surface area contributed by atoms with Gasteiger partial charge in [-0.05, 0) is 53.6 Å². The fraction of sp³-hybridized carbons (Fsp3) is 0. The fourth-order valence-electron chi connectivity index (χ4n) is 8.31. The Hall–Kier alpha value is -6.84. The zero-order chi connectivity index (χ0) is 33.5. The smallest absolute Gasteiger partial charge is 0.137 e. The van der Waals surface area contributed by atoms with E-state index in [0.717, 1.165) is 38.7 Å². The number of para-hydroxylation sites is 5. The zero-order valence-corrected chi connectivity index (χ0v) is 27.6. The Bertz CT molecular complexity index is 3090. The molecule has 0 saturated heterocycles. The van der Waals surface area contributed by atoms with Crippen molar-refractivity contribution < 1.29 is 4.42 Å². The van der Waals surface area contributed by atoms with E-state index in [-0.39, 0.29) is 0 Å². The van der Waals surface area contributed by atoms with E-state index in [4.69, 9.17) is 4.42 Å². The molecular weight excluding hydrogens is 621 g/mol. The quantitative estimate of drug-likeness (QED) is 0.186. The van der Waals surface area contributed by atoms with Crippen LogP contribution in [0.5, 0.6) is 0 Å². The summed E-state index contributed by atoms with van der Waals surface area (Å²) in [5.41, 5.74) is 13.5. The Morgan fingerprint density at radius 3 is 1.59 bits per heavy atom. The van der Waals surface area contributed by atoms with E-state index in [1.807, 2.05) is 12.1 Å². The third kappa shape index (κ3) is 4.12. The van der Waals surface area contributed by atoms with E-state index in [2.05, 4.69) is 179 Å². The summed E-state index contributed by atoms with van der Waals surface area (Å²) in [6.45, 7) is 0. The molecule has 0 amide bonds. The van der Waals surface area contributed by atoms with Crippen LogP contribution in [-0.2, 0) is 0 Å². The highest BCUT2D eigenvalue weighted by atomic mass is 16.3. The number of hydrogen-bond acceptors (Lipinski definition) is 1. The molecule has 0 radical (unpaired) electrons. The fourth-order valence-corrected chi connectivity index (χ4v) is 8.31. The third-order valence-corrected chi connectivity index (χ3v) is 10.5. The van der Waals surface area contributed by atoms with Crippen molar-refractivity contribution in [1.29, 1.82) is 0 Å². The molecule has 0 atom stereocenters. The number of furan rings is 1. The average molecular weight is 651 g/mol. The molecule has 8 aromatic carbocycles. The van der Waals surface area contributed by atoms with Gasteiger partial charge < -0.3 is 13.6 Å². The van der Waals surface area contributed by atoms with Crippen molar-refractivity contribution in [1.82, 2.24) is 9.13 Å². The normalized spacial score (nSPS) is 11.9. The Labute approximate surface area is 293 Å². The van der Waals surface area contributed by atoms with Gasteiger partial charge in [0.1, 0.15) is 11.2 Å².